The van der Waals surface area contributed by atoms with Gasteiger partial charge in [0.15, 0.2) is 0 Å². The first-order valence-corrected chi connectivity index (χ1v) is 6.98. The summed E-state index contributed by atoms with van der Waals surface area (Å²) < 4.78 is 0. The minimum absolute atomic E-state index is 0.00840. The molecule has 0 unspecified atom stereocenters. The molecule has 0 spiro atoms. The number of hydrogen-bond donors (Lipinski definition) is 2. The highest BCUT2D eigenvalue weighted by Crippen LogP contribution is 2.22. The second-order valence-corrected chi connectivity index (χ2v) is 4.96. The van der Waals surface area contributed by atoms with E-state index in [1.54, 1.807) is 0 Å². The molecule has 0 aliphatic carbocycles. The summed E-state index contributed by atoms with van der Waals surface area (Å²) in [6, 6.07) is 6.77. The Hall–Kier alpha value is -4.42. The number of nitrogens with zero attached hydrogens (tertiary/aromatic N) is 3. The smallest absolute Gasteiger partial charge is 0.267 e. The second kappa shape index (κ2) is 7.64. The first-order chi connectivity index (χ1) is 12.7. The predicted molar refractivity (Wildman–Crippen MR) is 87.8 cm³/mol. The minimum Gasteiger partial charge on any atom is -0.267 e. The normalized spacial score (nSPS) is 9.93. The fourth-order valence-corrected chi connectivity index (χ4v) is 1.93. The number of nitro groups is 3. The lowest BCUT2D eigenvalue weighted by molar-refractivity contribution is -0.394. The number of benzene rings is 2. The molecule has 0 heterocycles. The van der Waals surface area contributed by atoms with Crippen LogP contribution in [0.1, 0.15) is 20.7 Å². The van der Waals surface area contributed by atoms with Crippen molar-refractivity contribution >= 4 is 28.9 Å². The molecule has 0 bridgehead atoms. The van der Waals surface area contributed by atoms with Crippen LogP contribution in [0.2, 0.25) is 0 Å². The fourth-order valence-electron chi connectivity index (χ4n) is 1.93. The largest absolute Gasteiger partial charge is 0.277 e. The molecule has 0 aromatic heterocycles. The van der Waals surface area contributed by atoms with Crippen LogP contribution in [0.5, 0.6) is 0 Å². The van der Waals surface area contributed by atoms with Gasteiger partial charge in [-0.15, -0.1) is 0 Å². The maximum atomic E-state index is 12.0. The summed E-state index contributed by atoms with van der Waals surface area (Å²) in [5.41, 5.74) is 1.94. The number of non-ortho nitro benzene ring substituents is 3. The number of carbonyl (C=O) groups is 2. The van der Waals surface area contributed by atoms with Crippen molar-refractivity contribution in [1.29, 1.82) is 0 Å². The van der Waals surface area contributed by atoms with E-state index in [2.05, 4.69) is 0 Å². The lowest BCUT2D eigenvalue weighted by Gasteiger charge is -2.07. The third-order valence-corrected chi connectivity index (χ3v) is 3.22. The lowest BCUT2D eigenvalue weighted by atomic mass is 10.1. The number of hydrazine groups is 1. The third kappa shape index (κ3) is 4.56. The van der Waals surface area contributed by atoms with Gasteiger partial charge in [-0.3, -0.25) is 50.8 Å². The van der Waals surface area contributed by atoms with Gasteiger partial charge in [-0.2, -0.15) is 0 Å². The second-order valence-electron chi connectivity index (χ2n) is 4.96. The number of hydrogen-bond acceptors (Lipinski definition) is 8. The number of rotatable bonds is 5. The van der Waals surface area contributed by atoms with E-state index in [0.717, 1.165) is 36.4 Å². The maximum Gasteiger partial charge on any atom is 0.277 e. The summed E-state index contributed by atoms with van der Waals surface area (Å²) in [4.78, 5) is 53.6. The lowest BCUT2D eigenvalue weighted by Crippen LogP contribution is -2.41. The zero-order valence-corrected chi connectivity index (χ0v) is 13.1. The summed E-state index contributed by atoms with van der Waals surface area (Å²) in [5.74, 6) is -1.85. The van der Waals surface area contributed by atoms with E-state index in [-0.39, 0.29) is 11.3 Å². The molecule has 13 nitrogen and oxygen atoms in total. The van der Waals surface area contributed by atoms with E-state index < -0.39 is 43.5 Å². The van der Waals surface area contributed by atoms with Crippen molar-refractivity contribution < 1.29 is 24.4 Å². The highest BCUT2D eigenvalue weighted by atomic mass is 16.6. The van der Waals surface area contributed by atoms with Crippen LogP contribution >= 0.6 is 0 Å². The van der Waals surface area contributed by atoms with Gasteiger partial charge in [-0.1, -0.05) is 0 Å². The van der Waals surface area contributed by atoms with Gasteiger partial charge in [0.2, 0.25) is 0 Å². The standard InChI is InChI=1S/C14H9N5O8/c20-13(8-1-3-10(4-2-8)17(22)23)15-16-14(21)9-5-11(18(24)25)7-12(6-9)19(26)27/h1-7H,(H,15,20)(H,16,21). The van der Waals surface area contributed by atoms with Crippen LogP contribution in [0.25, 0.3) is 0 Å². The van der Waals surface area contributed by atoms with Crippen molar-refractivity contribution in [3.63, 3.8) is 0 Å². The van der Waals surface area contributed by atoms with Gasteiger partial charge < -0.3 is 0 Å². The molecule has 2 rings (SSSR count). The first-order valence-electron chi connectivity index (χ1n) is 6.98. The highest BCUT2D eigenvalue weighted by Gasteiger charge is 2.20. The summed E-state index contributed by atoms with van der Waals surface area (Å²) in [7, 11) is 0. The molecule has 2 amide bonds. The van der Waals surface area contributed by atoms with Gasteiger partial charge in [-0.05, 0) is 12.1 Å². The average Bonchev–Trinajstić information content (AvgIpc) is 2.65. The van der Waals surface area contributed by atoms with E-state index in [4.69, 9.17) is 0 Å². The quantitative estimate of drug-likeness (QED) is 0.580. The Balaban J connectivity index is 2.13. The third-order valence-electron chi connectivity index (χ3n) is 3.22. The van der Waals surface area contributed by atoms with Crippen LogP contribution in [-0.2, 0) is 0 Å². The SMILES string of the molecule is O=C(NNC(=O)c1cc([N+](=O)[O-])cc([N+](=O)[O-])c1)c1ccc([N+](=O)[O-])cc1. The van der Waals surface area contributed by atoms with Gasteiger partial charge in [0.1, 0.15) is 0 Å². The van der Waals surface area contributed by atoms with Crippen LogP contribution in [0, 0.1) is 30.3 Å². The Kier molecular flexibility index (Phi) is 5.35. The molecule has 0 aliphatic heterocycles. The van der Waals surface area contributed by atoms with Crippen molar-refractivity contribution in [1.82, 2.24) is 10.9 Å². The fraction of sp³-hybridized carbons (Fsp3) is 0. The van der Waals surface area contributed by atoms with Crippen LogP contribution in [0.4, 0.5) is 17.1 Å². The molecule has 0 aliphatic rings. The van der Waals surface area contributed by atoms with Gasteiger partial charge in [0, 0.05) is 29.8 Å². The predicted octanol–water partition coefficient (Wildman–Crippen LogP) is 1.49. The van der Waals surface area contributed by atoms with Crippen molar-refractivity contribution in [3.8, 4) is 0 Å². The zero-order chi connectivity index (χ0) is 20.1. The van der Waals surface area contributed by atoms with E-state index in [1.165, 1.54) is 0 Å². The maximum absolute atomic E-state index is 12.0. The minimum atomic E-state index is -1.03. The Morgan fingerprint density at radius 1 is 0.630 bits per heavy atom. The van der Waals surface area contributed by atoms with Gasteiger partial charge in [0.25, 0.3) is 28.9 Å². The van der Waals surface area contributed by atoms with Crippen LogP contribution < -0.4 is 10.9 Å². The van der Waals surface area contributed by atoms with E-state index in [1.807, 2.05) is 10.9 Å². The van der Waals surface area contributed by atoms with Crippen LogP contribution in [0.15, 0.2) is 42.5 Å². The molecule has 0 atom stereocenters. The molecular formula is C14H9N5O8. The average molecular weight is 375 g/mol. The topological polar surface area (TPSA) is 188 Å². The van der Waals surface area contributed by atoms with Crippen molar-refractivity contribution in [2.75, 3.05) is 0 Å². The molecule has 0 fully saturated rings. The Morgan fingerprint density at radius 2 is 1.04 bits per heavy atom. The molecule has 0 saturated carbocycles. The molecule has 138 valence electrons. The van der Waals surface area contributed by atoms with Gasteiger partial charge in [0.05, 0.1) is 26.4 Å². The number of carbonyl (C=O) groups excluding carboxylic acids is 2. The monoisotopic (exact) mass is 375 g/mol. The number of amides is 2. The van der Waals surface area contributed by atoms with Gasteiger partial charge in [-0.25, -0.2) is 0 Å². The van der Waals surface area contributed by atoms with E-state index in [0.29, 0.717) is 6.07 Å². The first kappa shape index (κ1) is 18.9. The molecule has 2 aromatic carbocycles. The summed E-state index contributed by atoms with van der Waals surface area (Å²) in [6.45, 7) is 0. The molecule has 0 radical (unpaired) electrons. The number of nitro benzene ring substituents is 3. The Bertz CT molecular complexity index is 924. The molecular weight excluding hydrogens is 366 g/mol. The Labute approximate surface area is 149 Å². The number of nitrogens with one attached hydrogen (secondary N) is 2. The van der Waals surface area contributed by atoms with E-state index >= 15 is 0 Å². The molecule has 2 aromatic rings. The summed E-state index contributed by atoms with van der Waals surface area (Å²) in [6.07, 6.45) is 0. The molecule has 27 heavy (non-hydrogen) atoms. The van der Waals surface area contributed by atoms with Crippen molar-refractivity contribution in [2.24, 2.45) is 0 Å². The summed E-state index contributed by atoms with van der Waals surface area (Å²) >= 11 is 0. The zero-order valence-electron chi connectivity index (χ0n) is 13.1. The van der Waals surface area contributed by atoms with Crippen LogP contribution in [-0.4, -0.2) is 26.6 Å². The van der Waals surface area contributed by atoms with Crippen LogP contribution in [0.3, 0.4) is 0 Å². The van der Waals surface area contributed by atoms with Crippen molar-refractivity contribution in [2.45, 2.75) is 0 Å². The highest BCUT2D eigenvalue weighted by molar-refractivity contribution is 5.99. The summed E-state index contributed by atoms with van der Waals surface area (Å²) in [5, 5.41) is 32.2. The van der Waals surface area contributed by atoms with Crippen molar-refractivity contribution in [3.05, 3.63) is 83.9 Å². The molecule has 0 saturated heterocycles. The van der Waals surface area contributed by atoms with Gasteiger partial charge >= 0.3 is 0 Å². The van der Waals surface area contributed by atoms with E-state index in [9.17, 15) is 39.9 Å². The molecule has 13 heteroatoms. The Morgan fingerprint density at radius 3 is 1.44 bits per heavy atom. The molecule has 2 N–H and O–H groups in total.